The monoisotopic (exact) mass is 574 g/mol. The molecular weight excluding hydrogens is 532 g/mol. The fourth-order valence-corrected chi connectivity index (χ4v) is 9.57. The second-order valence-electron chi connectivity index (χ2n) is 14.3. The van der Waals surface area contributed by atoms with Crippen molar-refractivity contribution >= 4 is 16.8 Å². The zero-order valence-corrected chi connectivity index (χ0v) is 24.9. The van der Waals surface area contributed by atoms with Gasteiger partial charge in [-0.05, 0) is 79.3 Å². The fraction of sp³-hybridized carbons (Fsp3) is 0.543. The lowest BCUT2D eigenvalue weighted by atomic mass is 9.44. The molecule has 7 nitrogen and oxygen atoms in total. The minimum atomic E-state index is -1.29. The Morgan fingerprint density at radius 2 is 1.79 bits per heavy atom. The maximum atomic E-state index is 13.5. The summed E-state index contributed by atoms with van der Waals surface area (Å²) in [5.74, 6) is -1.36. The number of rotatable bonds is 3. The van der Waals surface area contributed by atoms with E-state index in [1.165, 1.54) is 18.2 Å². The number of allylic oxidation sites excluding steroid dienone is 3. The van der Waals surface area contributed by atoms with Crippen molar-refractivity contribution in [1.29, 1.82) is 0 Å². The average molecular weight is 575 g/mol. The summed E-state index contributed by atoms with van der Waals surface area (Å²) in [6.45, 7) is 13.4. The molecule has 2 aromatic rings. The predicted molar refractivity (Wildman–Crippen MR) is 160 cm³/mol. The third-order valence-electron chi connectivity index (χ3n) is 11.7. The number of benzene rings is 1. The number of carbonyl (C=O) groups excluding carboxylic acids is 1. The van der Waals surface area contributed by atoms with Gasteiger partial charge in [-0.15, -0.1) is 0 Å². The van der Waals surface area contributed by atoms with Crippen molar-refractivity contribution < 1.29 is 29.6 Å². The van der Waals surface area contributed by atoms with Crippen LogP contribution < -0.4 is 5.43 Å². The van der Waals surface area contributed by atoms with E-state index in [-0.39, 0.29) is 56.7 Å². The fourth-order valence-electron chi connectivity index (χ4n) is 9.57. The van der Waals surface area contributed by atoms with Crippen LogP contribution in [0.15, 0.2) is 63.4 Å². The Labute approximate surface area is 246 Å². The van der Waals surface area contributed by atoms with Gasteiger partial charge in [-0.2, -0.15) is 0 Å². The van der Waals surface area contributed by atoms with Crippen LogP contribution >= 0.6 is 0 Å². The molecule has 42 heavy (non-hydrogen) atoms. The first-order valence-corrected chi connectivity index (χ1v) is 15.2. The molecule has 0 bridgehead atoms. The second kappa shape index (κ2) is 9.68. The third-order valence-corrected chi connectivity index (χ3v) is 11.7. The lowest BCUT2D eigenvalue weighted by molar-refractivity contribution is -0.129. The van der Waals surface area contributed by atoms with E-state index in [2.05, 4.69) is 33.4 Å². The molecule has 2 fully saturated rings. The molecule has 1 heterocycles. The number of carbonyl (C=O) groups is 1. The van der Waals surface area contributed by atoms with E-state index in [0.29, 0.717) is 25.2 Å². The van der Waals surface area contributed by atoms with Crippen LogP contribution in [-0.2, 0) is 10.2 Å². The van der Waals surface area contributed by atoms with E-state index in [9.17, 15) is 30.0 Å². The number of aliphatic hydroxyl groups excluding tert-OH is 2. The molecule has 8 atom stereocenters. The molecular formula is C35H42O7. The molecule has 4 N–H and O–H groups in total. The van der Waals surface area contributed by atoms with Crippen molar-refractivity contribution in [1.82, 2.24) is 0 Å². The lowest BCUT2D eigenvalue weighted by Gasteiger charge is -2.60. The number of aliphatic hydroxyl groups is 2. The highest BCUT2D eigenvalue weighted by atomic mass is 16.3. The maximum Gasteiger partial charge on any atom is 0.196 e. The molecule has 0 spiro atoms. The molecule has 0 saturated heterocycles. The molecule has 4 aliphatic carbocycles. The second-order valence-corrected chi connectivity index (χ2v) is 14.3. The molecule has 4 unspecified atom stereocenters. The Kier molecular flexibility index (Phi) is 6.67. The van der Waals surface area contributed by atoms with Gasteiger partial charge in [0.15, 0.2) is 11.2 Å². The third kappa shape index (κ3) is 4.07. The van der Waals surface area contributed by atoms with Gasteiger partial charge in [0.2, 0.25) is 0 Å². The largest absolute Gasteiger partial charge is 0.508 e. The van der Waals surface area contributed by atoms with Crippen molar-refractivity contribution in [3.05, 3.63) is 70.1 Å². The Morgan fingerprint density at radius 1 is 1.05 bits per heavy atom. The highest BCUT2D eigenvalue weighted by molar-refractivity contribution is 5.95. The topological polar surface area (TPSA) is 128 Å². The Bertz CT molecular complexity index is 1590. The first-order chi connectivity index (χ1) is 19.7. The molecule has 224 valence electrons. The number of phenolic OH excluding ortho intramolecular Hbond substituents is 2. The van der Waals surface area contributed by atoms with Crippen LogP contribution in [0.5, 0.6) is 11.5 Å². The Balaban J connectivity index is 1.56. The molecule has 0 radical (unpaired) electrons. The molecule has 0 amide bonds. The minimum absolute atomic E-state index is 0.0347. The number of hydrogen-bond donors (Lipinski definition) is 4. The smallest absolute Gasteiger partial charge is 0.196 e. The highest BCUT2D eigenvalue weighted by Gasteiger charge is 2.59. The molecule has 0 aliphatic heterocycles. The summed E-state index contributed by atoms with van der Waals surface area (Å²) in [4.78, 5) is 26.3. The van der Waals surface area contributed by atoms with Crippen molar-refractivity contribution in [2.45, 2.75) is 83.8 Å². The summed E-state index contributed by atoms with van der Waals surface area (Å²) < 4.78 is 6.38. The average Bonchev–Trinajstić information content (AvgIpc) is 2.90. The van der Waals surface area contributed by atoms with Gasteiger partial charge in [0, 0.05) is 24.1 Å². The van der Waals surface area contributed by atoms with Gasteiger partial charge in [0.05, 0.1) is 11.5 Å². The lowest BCUT2D eigenvalue weighted by Crippen LogP contribution is -2.56. The van der Waals surface area contributed by atoms with Gasteiger partial charge >= 0.3 is 0 Å². The van der Waals surface area contributed by atoms with E-state index in [1.54, 1.807) is 6.08 Å². The molecule has 2 saturated carbocycles. The van der Waals surface area contributed by atoms with Crippen LogP contribution in [0, 0.1) is 34.5 Å². The molecule has 4 aliphatic rings. The van der Waals surface area contributed by atoms with Crippen molar-refractivity contribution in [3.63, 3.8) is 0 Å². The molecule has 6 rings (SSSR count). The number of ketones is 1. The summed E-state index contributed by atoms with van der Waals surface area (Å²) in [6, 6.07) is 3.76. The zero-order valence-electron chi connectivity index (χ0n) is 24.9. The normalized spacial score (nSPS) is 37.7. The van der Waals surface area contributed by atoms with Gasteiger partial charge < -0.3 is 24.8 Å². The van der Waals surface area contributed by atoms with E-state index in [0.717, 1.165) is 36.5 Å². The number of fused-ring (bicyclic) bond motifs is 3. The quantitative estimate of drug-likeness (QED) is 0.347. The van der Waals surface area contributed by atoms with Crippen LogP contribution in [-0.4, -0.2) is 38.4 Å². The summed E-state index contributed by atoms with van der Waals surface area (Å²) in [5, 5.41) is 43.2. The van der Waals surface area contributed by atoms with E-state index in [4.69, 9.17) is 4.42 Å². The number of phenols is 2. The summed E-state index contributed by atoms with van der Waals surface area (Å²) in [6.07, 6.45) is 8.26. The van der Waals surface area contributed by atoms with Gasteiger partial charge in [0.1, 0.15) is 34.3 Å². The van der Waals surface area contributed by atoms with Gasteiger partial charge in [-0.3, -0.25) is 9.59 Å². The van der Waals surface area contributed by atoms with Crippen molar-refractivity contribution in [3.8, 4) is 11.5 Å². The van der Waals surface area contributed by atoms with Crippen molar-refractivity contribution in [2.24, 2.45) is 34.5 Å². The Hall–Kier alpha value is -3.16. The first-order valence-electron chi connectivity index (χ1n) is 15.2. The SMILES string of the molecule is C=C1[C@@H](O)C[C@H]2C(C)(C)CCC[C@]2(C)[C@H]1CC1C(C)=CCC2C(O)C(=O)C=CC12c1cc(=O)c2c(O)cc(O)cc2o1. The summed E-state index contributed by atoms with van der Waals surface area (Å²) in [5.41, 5.74) is 0.339. The van der Waals surface area contributed by atoms with Crippen molar-refractivity contribution in [2.75, 3.05) is 0 Å². The minimum Gasteiger partial charge on any atom is -0.508 e. The predicted octanol–water partition coefficient (Wildman–Crippen LogP) is 5.68. The number of hydrogen-bond acceptors (Lipinski definition) is 7. The number of aromatic hydroxyl groups is 2. The summed E-state index contributed by atoms with van der Waals surface area (Å²) >= 11 is 0. The molecule has 7 heteroatoms. The maximum absolute atomic E-state index is 13.5. The molecule has 1 aromatic heterocycles. The van der Waals surface area contributed by atoms with Crippen LogP contribution in [0.3, 0.4) is 0 Å². The standard InChI is InChI=1S/C35H42O7/c1-18-7-8-21-32(41)24(37)9-12-35(21,30-17-27(40)31-26(39)13-20(36)14-28(31)42-30)22(18)15-23-19(2)25(38)16-29-33(3,4)10-6-11-34(23,29)5/h7,9,12-14,17,21-23,25,29,32,36,38-39,41H,2,6,8,10-11,15-16H2,1,3-5H3/t21?,22?,23-,25-,29-,32?,34+,35?/m0/s1. The van der Waals surface area contributed by atoms with E-state index < -0.39 is 29.0 Å². The van der Waals surface area contributed by atoms with Crippen LogP contribution in [0.2, 0.25) is 0 Å². The van der Waals surface area contributed by atoms with Gasteiger partial charge in [0.25, 0.3) is 0 Å². The van der Waals surface area contributed by atoms with E-state index in [1.807, 2.05) is 6.92 Å². The van der Waals surface area contributed by atoms with Crippen LogP contribution in [0.25, 0.3) is 11.0 Å². The Morgan fingerprint density at radius 3 is 2.52 bits per heavy atom. The van der Waals surface area contributed by atoms with E-state index >= 15 is 0 Å². The first kappa shape index (κ1) is 28.9. The van der Waals surface area contributed by atoms with Crippen LogP contribution in [0.4, 0.5) is 0 Å². The molecule has 1 aromatic carbocycles. The highest BCUT2D eigenvalue weighted by Crippen LogP contribution is 2.64. The van der Waals surface area contributed by atoms with Gasteiger partial charge in [-0.25, -0.2) is 0 Å². The zero-order chi connectivity index (χ0) is 30.4. The van der Waals surface area contributed by atoms with Gasteiger partial charge in [-0.1, -0.05) is 51.5 Å². The summed E-state index contributed by atoms with van der Waals surface area (Å²) in [7, 11) is 0. The van der Waals surface area contributed by atoms with Crippen LogP contribution in [0.1, 0.15) is 72.0 Å².